The first-order valence-corrected chi connectivity index (χ1v) is 10.3. The van der Waals surface area contributed by atoms with E-state index in [9.17, 15) is 4.79 Å². The number of ether oxygens (including phenoxy) is 2. The standard InChI is InChI=1S/C22H28ClN3O3/c1-16-4-6-19(18(23)12-16)24-22(27)15-26-10-8-25(9-11-26)14-17-5-7-20(28-2)21(13-17)29-3/h4-7,12-13H,8-11,14-15H2,1-3H3,(H,24,27)/p+2. The fourth-order valence-electron chi connectivity index (χ4n) is 3.73. The summed E-state index contributed by atoms with van der Waals surface area (Å²) in [7, 11) is 3.30. The Balaban J connectivity index is 1.47. The summed E-state index contributed by atoms with van der Waals surface area (Å²) < 4.78 is 10.7. The van der Waals surface area contributed by atoms with Crippen molar-refractivity contribution in [2.45, 2.75) is 13.5 Å². The van der Waals surface area contributed by atoms with Gasteiger partial charge >= 0.3 is 0 Å². The van der Waals surface area contributed by atoms with Gasteiger partial charge in [-0.05, 0) is 42.8 Å². The summed E-state index contributed by atoms with van der Waals surface area (Å²) in [5, 5.41) is 3.52. The van der Waals surface area contributed by atoms with E-state index in [4.69, 9.17) is 21.1 Å². The van der Waals surface area contributed by atoms with E-state index in [2.05, 4.69) is 11.4 Å². The van der Waals surface area contributed by atoms with Gasteiger partial charge in [0.2, 0.25) is 0 Å². The van der Waals surface area contributed by atoms with Gasteiger partial charge in [0.25, 0.3) is 5.91 Å². The molecule has 0 atom stereocenters. The molecule has 1 saturated heterocycles. The third-order valence-corrected chi connectivity index (χ3v) is 5.69. The number of anilines is 1. The summed E-state index contributed by atoms with van der Waals surface area (Å²) >= 11 is 6.21. The van der Waals surface area contributed by atoms with Crippen LogP contribution in [0.1, 0.15) is 11.1 Å². The Morgan fingerprint density at radius 2 is 1.69 bits per heavy atom. The van der Waals surface area contributed by atoms with E-state index in [-0.39, 0.29) is 5.91 Å². The van der Waals surface area contributed by atoms with Crippen molar-refractivity contribution in [1.82, 2.24) is 0 Å². The molecule has 0 radical (unpaired) electrons. The molecule has 0 unspecified atom stereocenters. The predicted molar refractivity (Wildman–Crippen MR) is 114 cm³/mol. The van der Waals surface area contributed by atoms with Crippen molar-refractivity contribution in [1.29, 1.82) is 0 Å². The zero-order valence-corrected chi connectivity index (χ0v) is 18.1. The molecule has 0 bridgehead atoms. The zero-order valence-electron chi connectivity index (χ0n) is 17.3. The lowest BCUT2D eigenvalue weighted by atomic mass is 10.1. The molecule has 0 aromatic heterocycles. The van der Waals surface area contributed by atoms with Crippen molar-refractivity contribution < 1.29 is 24.1 Å². The van der Waals surface area contributed by atoms with Crippen molar-refractivity contribution in [3.05, 3.63) is 52.5 Å². The molecule has 0 saturated carbocycles. The van der Waals surface area contributed by atoms with Crippen LogP contribution in [-0.2, 0) is 11.3 Å². The Kier molecular flexibility index (Phi) is 7.36. The third kappa shape index (κ3) is 5.85. The maximum absolute atomic E-state index is 12.4. The molecule has 3 N–H and O–H groups in total. The maximum atomic E-state index is 12.4. The van der Waals surface area contributed by atoms with Gasteiger partial charge in [-0.3, -0.25) is 4.79 Å². The number of rotatable bonds is 7. The lowest BCUT2D eigenvalue weighted by Crippen LogP contribution is -3.28. The Morgan fingerprint density at radius 3 is 2.34 bits per heavy atom. The molecule has 2 aromatic carbocycles. The van der Waals surface area contributed by atoms with Gasteiger partial charge in [0.05, 0.1) is 24.9 Å². The Morgan fingerprint density at radius 1 is 1.00 bits per heavy atom. The first kappa shape index (κ1) is 21.4. The van der Waals surface area contributed by atoms with E-state index in [0.29, 0.717) is 17.3 Å². The van der Waals surface area contributed by atoms with E-state index in [0.717, 1.165) is 49.8 Å². The van der Waals surface area contributed by atoms with Crippen LogP contribution in [0.3, 0.4) is 0 Å². The number of hydrogen-bond donors (Lipinski definition) is 3. The van der Waals surface area contributed by atoms with E-state index in [1.807, 2.05) is 37.3 Å². The van der Waals surface area contributed by atoms with Gasteiger partial charge in [0, 0.05) is 5.56 Å². The van der Waals surface area contributed by atoms with Gasteiger partial charge in [0.1, 0.15) is 32.7 Å². The third-order valence-electron chi connectivity index (χ3n) is 5.38. The van der Waals surface area contributed by atoms with Crippen LogP contribution in [0.25, 0.3) is 0 Å². The Bertz CT molecular complexity index is 851. The lowest BCUT2D eigenvalue weighted by molar-refractivity contribution is -1.02. The molecular formula is C22H30ClN3O3+2. The normalized spacial score (nSPS) is 18.9. The van der Waals surface area contributed by atoms with Crippen LogP contribution in [0.2, 0.25) is 5.02 Å². The summed E-state index contributed by atoms with van der Waals surface area (Å²) in [4.78, 5) is 15.2. The summed E-state index contributed by atoms with van der Waals surface area (Å²) in [6.45, 7) is 7.39. The largest absolute Gasteiger partial charge is 0.493 e. The number of hydrogen-bond acceptors (Lipinski definition) is 3. The number of nitrogens with one attached hydrogen (secondary N) is 3. The fraction of sp³-hybridized carbons (Fsp3) is 0.409. The van der Waals surface area contributed by atoms with Crippen molar-refractivity contribution >= 4 is 23.2 Å². The molecule has 0 aliphatic carbocycles. The Hall–Kier alpha value is -2.28. The number of aryl methyl sites for hydroxylation is 1. The molecule has 6 nitrogen and oxygen atoms in total. The highest BCUT2D eigenvalue weighted by Gasteiger charge is 2.25. The first-order chi connectivity index (χ1) is 14.0. The molecule has 2 aromatic rings. The van der Waals surface area contributed by atoms with Crippen LogP contribution in [0, 0.1) is 6.92 Å². The van der Waals surface area contributed by atoms with Crippen LogP contribution in [-0.4, -0.2) is 52.9 Å². The number of piperazine rings is 1. The molecule has 3 rings (SSSR count). The average Bonchev–Trinajstić information content (AvgIpc) is 2.71. The topological polar surface area (TPSA) is 56.4 Å². The summed E-state index contributed by atoms with van der Waals surface area (Å²) in [6.07, 6.45) is 0. The number of carbonyl (C=O) groups excluding carboxylic acids is 1. The second-order valence-corrected chi connectivity index (χ2v) is 7.98. The van der Waals surface area contributed by atoms with Gasteiger partial charge in [-0.25, -0.2) is 0 Å². The number of amides is 1. The van der Waals surface area contributed by atoms with E-state index >= 15 is 0 Å². The SMILES string of the molecule is COc1ccc(C[NH+]2CC[NH+](CC(=O)Nc3ccc(C)cc3Cl)CC2)cc1OC. The average molecular weight is 420 g/mol. The number of carbonyl (C=O) groups is 1. The maximum Gasteiger partial charge on any atom is 0.279 e. The second kappa shape index (κ2) is 9.96. The summed E-state index contributed by atoms with van der Waals surface area (Å²) in [5.74, 6) is 1.52. The molecule has 1 aliphatic heterocycles. The van der Waals surface area contributed by atoms with Gasteiger partial charge in [-0.2, -0.15) is 0 Å². The van der Waals surface area contributed by atoms with Gasteiger partial charge < -0.3 is 24.6 Å². The summed E-state index contributed by atoms with van der Waals surface area (Å²) in [6, 6.07) is 11.8. The molecule has 1 amide bonds. The highest BCUT2D eigenvalue weighted by atomic mass is 35.5. The van der Waals surface area contributed by atoms with E-state index < -0.39 is 0 Å². The summed E-state index contributed by atoms with van der Waals surface area (Å²) in [5.41, 5.74) is 2.99. The van der Waals surface area contributed by atoms with Gasteiger partial charge in [-0.15, -0.1) is 0 Å². The van der Waals surface area contributed by atoms with E-state index in [1.54, 1.807) is 14.2 Å². The monoisotopic (exact) mass is 419 g/mol. The van der Waals surface area contributed by atoms with Crippen molar-refractivity contribution in [2.75, 3.05) is 52.3 Å². The second-order valence-electron chi connectivity index (χ2n) is 7.57. The highest BCUT2D eigenvalue weighted by molar-refractivity contribution is 6.33. The smallest absolute Gasteiger partial charge is 0.279 e. The molecule has 1 heterocycles. The lowest BCUT2D eigenvalue weighted by Gasteiger charge is -2.29. The van der Waals surface area contributed by atoms with Crippen LogP contribution >= 0.6 is 11.6 Å². The van der Waals surface area contributed by atoms with Crippen LogP contribution < -0.4 is 24.6 Å². The Labute approximate surface area is 177 Å². The number of quaternary nitrogens is 2. The molecule has 0 spiro atoms. The van der Waals surface area contributed by atoms with Crippen molar-refractivity contribution in [3.63, 3.8) is 0 Å². The predicted octanol–water partition coefficient (Wildman–Crippen LogP) is 0.588. The minimum atomic E-state index is 0.00842. The molecule has 29 heavy (non-hydrogen) atoms. The molecular weight excluding hydrogens is 390 g/mol. The highest BCUT2D eigenvalue weighted by Crippen LogP contribution is 2.27. The number of benzene rings is 2. The number of methoxy groups -OCH3 is 2. The van der Waals surface area contributed by atoms with Crippen LogP contribution in [0.15, 0.2) is 36.4 Å². The van der Waals surface area contributed by atoms with E-state index in [1.165, 1.54) is 15.4 Å². The van der Waals surface area contributed by atoms with Crippen molar-refractivity contribution in [3.8, 4) is 11.5 Å². The van der Waals surface area contributed by atoms with Gasteiger partial charge in [-0.1, -0.05) is 17.7 Å². The van der Waals surface area contributed by atoms with Crippen LogP contribution in [0.5, 0.6) is 11.5 Å². The van der Waals surface area contributed by atoms with Gasteiger partial charge in [0.15, 0.2) is 18.0 Å². The first-order valence-electron chi connectivity index (χ1n) is 9.92. The molecule has 156 valence electrons. The molecule has 1 aliphatic rings. The minimum Gasteiger partial charge on any atom is -0.493 e. The van der Waals surface area contributed by atoms with Crippen LogP contribution in [0.4, 0.5) is 5.69 Å². The van der Waals surface area contributed by atoms with Crippen molar-refractivity contribution in [2.24, 2.45) is 0 Å². The zero-order chi connectivity index (χ0) is 20.8. The quantitative estimate of drug-likeness (QED) is 0.615. The fourth-order valence-corrected chi connectivity index (χ4v) is 4.02. The molecule has 7 heteroatoms. The minimum absolute atomic E-state index is 0.00842. The number of halogens is 1. The molecule has 1 fully saturated rings.